The number of rotatable bonds is 7. The lowest BCUT2D eigenvalue weighted by Crippen LogP contribution is -2.29. The lowest BCUT2D eigenvalue weighted by Gasteiger charge is -2.22. The summed E-state index contributed by atoms with van der Waals surface area (Å²) in [6.45, 7) is 5.81. The van der Waals surface area contributed by atoms with Crippen LogP contribution in [0.25, 0.3) is 0 Å². The normalized spacial score (nSPS) is 14.4. The summed E-state index contributed by atoms with van der Waals surface area (Å²) in [5.41, 5.74) is 7.46. The van der Waals surface area contributed by atoms with Crippen molar-refractivity contribution in [3.05, 3.63) is 29.8 Å². The Morgan fingerprint density at radius 3 is 2.35 bits per heavy atom. The highest BCUT2D eigenvalue weighted by atomic mass is 16.5. The molecule has 0 amide bonds. The van der Waals surface area contributed by atoms with Crippen LogP contribution in [0.15, 0.2) is 24.3 Å². The van der Waals surface area contributed by atoms with Crippen LogP contribution < -0.4 is 15.8 Å². The summed E-state index contributed by atoms with van der Waals surface area (Å²) in [5.74, 6) is 1.38. The van der Waals surface area contributed by atoms with E-state index in [4.69, 9.17) is 10.5 Å². The third-order valence-electron chi connectivity index (χ3n) is 3.07. The van der Waals surface area contributed by atoms with Gasteiger partial charge >= 0.3 is 0 Å². The molecule has 0 aliphatic rings. The molecule has 0 saturated carbocycles. The second-order valence-electron chi connectivity index (χ2n) is 4.25. The smallest absolute Gasteiger partial charge is 0.119 e. The molecule has 0 heterocycles. The van der Waals surface area contributed by atoms with Gasteiger partial charge in [-0.15, -0.1) is 0 Å². The third-order valence-corrected chi connectivity index (χ3v) is 3.07. The summed E-state index contributed by atoms with van der Waals surface area (Å²) in [4.78, 5) is 0. The van der Waals surface area contributed by atoms with Crippen molar-refractivity contribution in [2.45, 2.75) is 26.3 Å². The van der Waals surface area contributed by atoms with Gasteiger partial charge in [0, 0.05) is 6.04 Å². The maximum Gasteiger partial charge on any atom is 0.119 e. The molecule has 0 fully saturated rings. The standard InChI is InChI=1S/C14H24N2O/c1-4-11(10-16-3)14(15)12-6-8-13(9-7-12)17-5-2/h6-9,11,14,16H,4-5,10,15H2,1-3H3. The highest BCUT2D eigenvalue weighted by Crippen LogP contribution is 2.23. The van der Waals surface area contributed by atoms with E-state index in [1.807, 2.05) is 26.1 Å². The summed E-state index contributed by atoms with van der Waals surface area (Å²) in [7, 11) is 1.97. The van der Waals surface area contributed by atoms with E-state index in [1.165, 1.54) is 5.56 Å². The second-order valence-corrected chi connectivity index (χ2v) is 4.25. The molecule has 1 rings (SSSR count). The molecule has 0 aliphatic carbocycles. The van der Waals surface area contributed by atoms with Crippen LogP contribution in [0.4, 0.5) is 0 Å². The molecular weight excluding hydrogens is 212 g/mol. The SMILES string of the molecule is CCOc1ccc(C(N)C(CC)CNC)cc1. The topological polar surface area (TPSA) is 47.3 Å². The lowest BCUT2D eigenvalue weighted by atomic mass is 9.91. The van der Waals surface area contributed by atoms with Crippen molar-refractivity contribution in [2.24, 2.45) is 11.7 Å². The van der Waals surface area contributed by atoms with E-state index in [9.17, 15) is 0 Å². The second kappa shape index (κ2) is 7.30. The quantitative estimate of drug-likeness (QED) is 0.764. The summed E-state index contributed by atoms with van der Waals surface area (Å²) in [5, 5.41) is 3.20. The molecule has 3 N–H and O–H groups in total. The van der Waals surface area contributed by atoms with Gasteiger partial charge in [0.25, 0.3) is 0 Å². The van der Waals surface area contributed by atoms with Crippen molar-refractivity contribution in [3.8, 4) is 5.75 Å². The van der Waals surface area contributed by atoms with Crippen LogP contribution in [0.3, 0.4) is 0 Å². The number of ether oxygens (including phenoxy) is 1. The van der Waals surface area contributed by atoms with Gasteiger partial charge in [0.2, 0.25) is 0 Å². The van der Waals surface area contributed by atoms with Gasteiger partial charge in [0.1, 0.15) is 5.75 Å². The number of nitrogens with one attached hydrogen (secondary N) is 1. The summed E-state index contributed by atoms with van der Waals surface area (Å²) < 4.78 is 5.42. The minimum atomic E-state index is 0.0862. The Morgan fingerprint density at radius 2 is 1.88 bits per heavy atom. The van der Waals surface area contributed by atoms with Crippen LogP contribution >= 0.6 is 0 Å². The first kappa shape index (κ1) is 14.0. The van der Waals surface area contributed by atoms with Gasteiger partial charge in [0.15, 0.2) is 0 Å². The molecule has 0 aliphatic heterocycles. The molecule has 1 aromatic carbocycles. The maximum absolute atomic E-state index is 6.28. The Balaban J connectivity index is 2.70. The zero-order chi connectivity index (χ0) is 12.7. The highest BCUT2D eigenvalue weighted by Gasteiger charge is 2.16. The Morgan fingerprint density at radius 1 is 1.24 bits per heavy atom. The van der Waals surface area contributed by atoms with Crippen LogP contribution in [0, 0.1) is 5.92 Å². The predicted molar refractivity (Wildman–Crippen MR) is 72.2 cm³/mol. The maximum atomic E-state index is 6.28. The van der Waals surface area contributed by atoms with Gasteiger partial charge < -0.3 is 15.8 Å². The first-order valence-electron chi connectivity index (χ1n) is 6.35. The third kappa shape index (κ3) is 4.02. The molecule has 0 spiro atoms. The van der Waals surface area contributed by atoms with Gasteiger partial charge in [-0.3, -0.25) is 0 Å². The zero-order valence-corrected chi connectivity index (χ0v) is 11.1. The fourth-order valence-electron chi connectivity index (χ4n) is 2.01. The van der Waals surface area contributed by atoms with E-state index < -0.39 is 0 Å². The van der Waals surface area contributed by atoms with Crippen LogP contribution in [0.5, 0.6) is 5.75 Å². The van der Waals surface area contributed by atoms with E-state index in [0.717, 1.165) is 18.7 Å². The van der Waals surface area contributed by atoms with Gasteiger partial charge in [-0.2, -0.15) is 0 Å². The monoisotopic (exact) mass is 236 g/mol. The van der Waals surface area contributed by atoms with Crippen molar-refractivity contribution >= 4 is 0 Å². The average Bonchev–Trinajstić information content (AvgIpc) is 2.36. The lowest BCUT2D eigenvalue weighted by molar-refractivity contribution is 0.339. The van der Waals surface area contributed by atoms with Crippen LogP contribution in [0.2, 0.25) is 0 Å². The Labute approximate surface area is 104 Å². The van der Waals surface area contributed by atoms with Crippen LogP contribution in [-0.2, 0) is 0 Å². The van der Waals surface area contributed by atoms with E-state index >= 15 is 0 Å². The van der Waals surface area contributed by atoms with Gasteiger partial charge in [-0.05, 0) is 44.1 Å². The van der Waals surface area contributed by atoms with Crippen LogP contribution in [-0.4, -0.2) is 20.2 Å². The van der Waals surface area contributed by atoms with Gasteiger partial charge in [-0.1, -0.05) is 25.5 Å². The molecule has 2 unspecified atom stereocenters. The molecule has 3 heteroatoms. The molecule has 0 saturated heterocycles. The largest absolute Gasteiger partial charge is 0.494 e. The van der Waals surface area contributed by atoms with E-state index in [0.29, 0.717) is 12.5 Å². The number of benzene rings is 1. The van der Waals surface area contributed by atoms with Crippen LogP contribution in [0.1, 0.15) is 31.9 Å². The Kier molecular flexibility index (Phi) is 6.01. The van der Waals surface area contributed by atoms with Crippen molar-refractivity contribution in [2.75, 3.05) is 20.2 Å². The first-order chi connectivity index (χ1) is 8.22. The van der Waals surface area contributed by atoms with E-state index in [1.54, 1.807) is 0 Å². The van der Waals surface area contributed by atoms with E-state index in [2.05, 4.69) is 24.4 Å². The minimum Gasteiger partial charge on any atom is -0.494 e. The van der Waals surface area contributed by atoms with Crippen molar-refractivity contribution in [1.29, 1.82) is 0 Å². The fourth-order valence-corrected chi connectivity index (χ4v) is 2.01. The zero-order valence-electron chi connectivity index (χ0n) is 11.1. The molecule has 0 aromatic heterocycles. The van der Waals surface area contributed by atoms with Gasteiger partial charge in [-0.25, -0.2) is 0 Å². The van der Waals surface area contributed by atoms with Crippen molar-refractivity contribution in [3.63, 3.8) is 0 Å². The van der Waals surface area contributed by atoms with Crippen molar-refractivity contribution < 1.29 is 4.74 Å². The molecule has 0 bridgehead atoms. The number of hydrogen-bond acceptors (Lipinski definition) is 3. The van der Waals surface area contributed by atoms with Crippen molar-refractivity contribution in [1.82, 2.24) is 5.32 Å². The molecule has 1 aromatic rings. The number of nitrogens with two attached hydrogens (primary N) is 1. The Hall–Kier alpha value is -1.06. The molecule has 2 atom stereocenters. The number of hydrogen-bond donors (Lipinski definition) is 2. The molecule has 17 heavy (non-hydrogen) atoms. The molecule has 3 nitrogen and oxygen atoms in total. The van der Waals surface area contributed by atoms with Gasteiger partial charge in [0.05, 0.1) is 6.61 Å². The minimum absolute atomic E-state index is 0.0862. The predicted octanol–water partition coefficient (Wildman–Crippen LogP) is 2.33. The molecular formula is C14H24N2O. The summed E-state index contributed by atoms with van der Waals surface area (Å²) in [6, 6.07) is 8.19. The average molecular weight is 236 g/mol. The highest BCUT2D eigenvalue weighted by molar-refractivity contribution is 5.29. The molecule has 0 radical (unpaired) electrons. The summed E-state index contributed by atoms with van der Waals surface area (Å²) >= 11 is 0. The summed E-state index contributed by atoms with van der Waals surface area (Å²) in [6.07, 6.45) is 1.08. The van der Waals surface area contributed by atoms with E-state index in [-0.39, 0.29) is 6.04 Å². The molecule has 96 valence electrons. The fraction of sp³-hybridized carbons (Fsp3) is 0.571. The first-order valence-corrected chi connectivity index (χ1v) is 6.35. The Bertz CT molecular complexity index is 311.